The maximum atomic E-state index is 12.4. The third-order valence-electron chi connectivity index (χ3n) is 3.27. The van der Waals surface area contributed by atoms with Crippen LogP contribution in [0.4, 0.5) is 5.69 Å². The Morgan fingerprint density at radius 1 is 1.29 bits per heavy atom. The van der Waals surface area contributed by atoms with E-state index in [4.69, 9.17) is 5.73 Å². The molecular formula is C14H18N2O3S2. The molecule has 5 nitrogen and oxygen atoms in total. The average molecular weight is 326 g/mol. The van der Waals surface area contributed by atoms with Crippen LogP contribution < -0.4 is 10.5 Å². The predicted molar refractivity (Wildman–Crippen MR) is 84.8 cm³/mol. The van der Waals surface area contributed by atoms with E-state index < -0.39 is 16.1 Å². The van der Waals surface area contributed by atoms with Gasteiger partial charge in [0.15, 0.2) is 0 Å². The van der Waals surface area contributed by atoms with E-state index in [2.05, 4.69) is 4.72 Å². The minimum absolute atomic E-state index is 0.0834. The smallest absolute Gasteiger partial charge is 0.242 e. The third kappa shape index (κ3) is 3.44. The van der Waals surface area contributed by atoms with E-state index >= 15 is 0 Å². The van der Waals surface area contributed by atoms with Gasteiger partial charge in [-0.15, -0.1) is 0 Å². The number of thiophene rings is 1. The maximum absolute atomic E-state index is 12.4. The fourth-order valence-corrected chi connectivity index (χ4v) is 4.18. The summed E-state index contributed by atoms with van der Waals surface area (Å²) >= 11 is 1.45. The van der Waals surface area contributed by atoms with Gasteiger partial charge in [-0.3, -0.25) is 0 Å². The molecule has 0 aliphatic heterocycles. The van der Waals surface area contributed by atoms with Crippen molar-refractivity contribution < 1.29 is 13.5 Å². The number of benzene rings is 1. The molecule has 2 rings (SSSR count). The third-order valence-corrected chi connectivity index (χ3v) is 5.60. The highest BCUT2D eigenvalue weighted by molar-refractivity contribution is 7.89. The molecule has 1 aromatic carbocycles. The van der Waals surface area contributed by atoms with Crippen LogP contribution in [0.2, 0.25) is 0 Å². The number of aryl methyl sites for hydroxylation is 2. The Morgan fingerprint density at radius 2 is 1.95 bits per heavy atom. The number of hydrogen-bond acceptors (Lipinski definition) is 5. The first-order valence-corrected chi connectivity index (χ1v) is 8.81. The van der Waals surface area contributed by atoms with E-state index in [0.717, 1.165) is 0 Å². The van der Waals surface area contributed by atoms with E-state index in [1.165, 1.54) is 11.3 Å². The molecule has 0 bridgehead atoms. The SMILES string of the molecule is Cc1ccc(C)c(S(=O)(=O)NCC(O)c2ccsc2)c1N. The van der Waals surface area contributed by atoms with Crippen molar-refractivity contribution >= 4 is 27.0 Å². The van der Waals surface area contributed by atoms with Crippen LogP contribution in [0, 0.1) is 13.8 Å². The zero-order valence-electron chi connectivity index (χ0n) is 11.8. The van der Waals surface area contributed by atoms with Crippen LogP contribution in [0.5, 0.6) is 0 Å². The quantitative estimate of drug-likeness (QED) is 0.732. The van der Waals surface area contributed by atoms with Crippen LogP contribution in [0.1, 0.15) is 22.8 Å². The standard InChI is InChI=1S/C14H18N2O3S2/c1-9-3-4-10(2)14(13(9)15)21(18,19)16-7-12(17)11-5-6-20-8-11/h3-6,8,12,16-17H,7,15H2,1-2H3. The highest BCUT2D eigenvalue weighted by atomic mass is 32.2. The zero-order valence-corrected chi connectivity index (χ0v) is 13.5. The van der Waals surface area contributed by atoms with Gasteiger partial charge in [-0.1, -0.05) is 12.1 Å². The van der Waals surface area contributed by atoms with Gasteiger partial charge in [0.25, 0.3) is 0 Å². The van der Waals surface area contributed by atoms with E-state index in [0.29, 0.717) is 16.7 Å². The van der Waals surface area contributed by atoms with Crippen molar-refractivity contribution in [3.05, 3.63) is 45.6 Å². The van der Waals surface area contributed by atoms with Crippen molar-refractivity contribution in [3.8, 4) is 0 Å². The summed E-state index contributed by atoms with van der Waals surface area (Å²) < 4.78 is 27.2. The van der Waals surface area contributed by atoms with Gasteiger partial charge in [0.1, 0.15) is 4.90 Å². The molecule has 1 heterocycles. The summed E-state index contributed by atoms with van der Waals surface area (Å²) in [4.78, 5) is 0.0834. The molecule has 0 radical (unpaired) electrons. The number of nitrogens with two attached hydrogens (primary N) is 1. The van der Waals surface area contributed by atoms with Gasteiger partial charge in [-0.25, -0.2) is 13.1 Å². The Morgan fingerprint density at radius 3 is 2.57 bits per heavy atom. The lowest BCUT2D eigenvalue weighted by Crippen LogP contribution is -2.29. The second-order valence-electron chi connectivity index (χ2n) is 4.87. The molecule has 2 aromatic rings. The Labute approximate surface area is 128 Å². The molecule has 0 amide bonds. The molecule has 4 N–H and O–H groups in total. The number of nitrogens with one attached hydrogen (secondary N) is 1. The van der Waals surface area contributed by atoms with Gasteiger partial charge in [-0.05, 0) is 47.4 Å². The minimum atomic E-state index is -3.76. The van der Waals surface area contributed by atoms with Crippen molar-refractivity contribution in [1.29, 1.82) is 0 Å². The number of anilines is 1. The molecule has 21 heavy (non-hydrogen) atoms. The Hall–Kier alpha value is -1.41. The monoisotopic (exact) mass is 326 g/mol. The zero-order chi connectivity index (χ0) is 15.6. The number of rotatable bonds is 5. The second kappa shape index (κ2) is 6.15. The highest BCUT2D eigenvalue weighted by Gasteiger charge is 2.22. The topological polar surface area (TPSA) is 92.4 Å². The predicted octanol–water partition coefficient (Wildman–Crippen LogP) is 1.96. The first-order valence-electron chi connectivity index (χ1n) is 6.38. The molecule has 0 aliphatic rings. The lowest BCUT2D eigenvalue weighted by Gasteiger charge is -2.15. The van der Waals surface area contributed by atoms with E-state index in [1.54, 1.807) is 37.4 Å². The first-order chi connectivity index (χ1) is 9.83. The Kier molecular flexibility index (Phi) is 4.67. The molecule has 1 aromatic heterocycles. The van der Waals surface area contributed by atoms with Crippen molar-refractivity contribution in [1.82, 2.24) is 4.72 Å². The highest BCUT2D eigenvalue weighted by Crippen LogP contribution is 2.26. The minimum Gasteiger partial charge on any atom is -0.397 e. The van der Waals surface area contributed by atoms with Crippen molar-refractivity contribution in [2.75, 3.05) is 12.3 Å². The van der Waals surface area contributed by atoms with Crippen molar-refractivity contribution in [2.24, 2.45) is 0 Å². The number of nitrogen functional groups attached to an aromatic ring is 1. The summed E-state index contributed by atoms with van der Waals surface area (Å²) in [7, 11) is -3.76. The molecule has 0 saturated carbocycles. The molecular weight excluding hydrogens is 308 g/mol. The summed E-state index contributed by atoms with van der Waals surface area (Å²) in [5, 5.41) is 13.6. The van der Waals surface area contributed by atoms with Crippen molar-refractivity contribution in [2.45, 2.75) is 24.8 Å². The van der Waals surface area contributed by atoms with Gasteiger partial charge < -0.3 is 10.8 Å². The molecule has 0 saturated heterocycles. The van der Waals surface area contributed by atoms with E-state index in [1.807, 2.05) is 5.38 Å². The summed E-state index contributed by atoms with van der Waals surface area (Å²) in [5.74, 6) is 0. The fourth-order valence-electron chi connectivity index (χ4n) is 2.01. The molecule has 7 heteroatoms. The van der Waals surface area contributed by atoms with Crippen LogP contribution in [-0.4, -0.2) is 20.1 Å². The van der Waals surface area contributed by atoms with Gasteiger partial charge in [0.2, 0.25) is 10.0 Å². The normalized spacial score (nSPS) is 13.3. The maximum Gasteiger partial charge on any atom is 0.242 e. The summed E-state index contributed by atoms with van der Waals surface area (Å²) in [6, 6.07) is 5.26. The number of aliphatic hydroxyl groups is 1. The molecule has 1 unspecified atom stereocenters. The number of sulfonamides is 1. The van der Waals surface area contributed by atoms with Crippen LogP contribution in [0.3, 0.4) is 0 Å². The lowest BCUT2D eigenvalue weighted by atomic mass is 10.1. The number of aliphatic hydroxyl groups excluding tert-OH is 1. The number of hydrogen-bond donors (Lipinski definition) is 3. The van der Waals surface area contributed by atoms with Gasteiger partial charge >= 0.3 is 0 Å². The van der Waals surface area contributed by atoms with Gasteiger partial charge in [0, 0.05) is 6.54 Å². The molecule has 0 spiro atoms. The molecule has 0 aliphatic carbocycles. The van der Waals surface area contributed by atoms with Crippen LogP contribution >= 0.6 is 11.3 Å². The Balaban J connectivity index is 2.22. The summed E-state index contributed by atoms with van der Waals surface area (Å²) in [6.07, 6.45) is -0.877. The summed E-state index contributed by atoms with van der Waals surface area (Å²) in [5.41, 5.74) is 8.11. The summed E-state index contributed by atoms with van der Waals surface area (Å²) in [6.45, 7) is 3.36. The molecule has 1 atom stereocenters. The first kappa shape index (κ1) is 16.0. The second-order valence-corrected chi connectivity index (χ2v) is 7.35. The Bertz CT molecular complexity index is 725. The van der Waals surface area contributed by atoms with Crippen LogP contribution in [0.15, 0.2) is 33.9 Å². The fraction of sp³-hybridized carbons (Fsp3) is 0.286. The largest absolute Gasteiger partial charge is 0.397 e. The average Bonchev–Trinajstić information content (AvgIpc) is 2.95. The van der Waals surface area contributed by atoms with Crippen LogP contribution in [-0.2, 0) is 10.0 Å². The van der Waals surface area contributed by atoms with E-state index in [9.17, 15) is 13.5 Å². The van der Waals surface area contributed by atoms with Crippen LogP contribution in [0.25, 0.3) is 0 Å². The molecule has 0 fully saturated rings. The van der Waals surface area contributed by atoms with E-state index in [-0.39, 0.29) is 17.1 Å². The lowest BCUT2D eigenvalue weighted by molar-refractivity contribution is 0.182. The van der Waals surface area contributed by atoms with Gasteiger partial charge in [-0.2, -0.15) is 11.3 Å². The van der Waals surface area contributed by atoms with Crippen molar-refractivity contribution in [3.63, 3.8) is 0 Å². The molecule has 114 valence electrons. The van der Waals surface area contributed by atoms with Gasteiger partial charge in [0.05, 0.1) is 11.8 Å².